The minimum absolute atomic E-state index is 0.0101. The average Bonchev–Trinajstić information content (AvgIpc) is 2.58. The van der Waals surface area contributed by atoms with E-state index < -0.39 is 6.10 Å². The highest BCUT2D eigenvalue weighted by atomic mass is 35.5. The zero-order valence-electron chi connectivity index (χ0n) is 15.4. The van der Waals surface area contributed by atoms with Gasteiger partial charge in [0.15, 0.2) is 0 Å². The molecule has 0 aliphatic carbocycles. The molecular formula is C19H24ClN5O2. The van der Waals surface area contributed by atoms with Gasteiger partial charge in [0, 0.05) is 55.3 Å². The highest BCUT2D eigenvalue weighted by Crippen LogP contribution is 2.42. The van der Waals surface area contributed by atoms with Crippen molar-refractivity contribution in [2.45, 2.75) is 19.4 Å². The Hall–Kier alpha value is -2.12. The number of aliphatic hydroxyl groups is 1. The number of aliphatic imine (C=N–C) groups is 1. The molecule has 0 aromatic heterocycles. The number of amides is 2. The molecule has 144 valence electrons. The lowest BCUT2D eigenvalue weighted by Crippen LogP contribution is -2.74. The summed E-state index contributed by atoms with van der Waals surface area (Å²) in [6.45, 7) is 6.27. The number of halogens is 1. The third kappa shape index (κ3) is 3.08. The Morgan fingerprint density at radius 3 is 2.74 bits per heavy atom. The number of rotatable bonds is 2. The number of nitrogens with zero attached hydrogens (tertiary/aromatic N) is 4. The summed E-state index contributed by atoms with van der Waals surface area (Å²) in [7, 11) is 0. The Kier molecular flexibility index (Phi) is 4.60. The molecular weight excluding hydrogens is 366 g/mol. The number of carbonyl (C=O) groups is 1. The normalized spacial score (nSPS) is 23.6. The predicted octanol–water partition coefficient (Wildman–Crippen LogP) is 2.39. The maximum absolute atomic E-state index is 13.0. The van der Waals surface area contributed by atoms with Gasteiger partial charge in [-0.25, -0.2) is 4.79 Å². The van der Waals surface area contributed by atoms with E-state index in [0.717, 1.165) is 43.3 Å². The fourth-order valence-corrected chi connectivity index (χ4v) is 4.54. The molecule has 1 spiro atoms. The molecule has 3 heterocycles. The average molecular weight is 390 g/mol. The second-order valence-electron chi connectivity index (χ2n) is 7.63. The number of fused-ring (bicyclic) bond motifs is 1. The Morgan fingerprint density at radius 1 is 1.37 bits per heavy atom. The third-order valence-electron chi connectivity index (χ3n) is 5.65. The standard InChI is InChI=1S/C19H24ClN5O2/c1-2-22-17(8-21)23-9-19(10-23)11-24(12-19)18(27)25-6-5-16(26)14-7-13(20)3-4-15(14)25/h3-4,7-8,16,21,26H,2,5-6,9-12H2,1H3/t16-/m1/s1. The molecule has 2 amide bonds. The van der Waals surface area contributed by atoms with Crippen molar-refractivity contribution in [2.75, 3.05) is 44.2 Å². The highest BCUT2D eigenvalue weighted by molar-refractivity contribution is 6.30. The molecule has 0 saturated carbocycles. The first-order valence-corrected chi connectivity index (χ1v) is 9.68. The predicted molar refractivity (Wildman–Crippen MR) is 106 cm³/mol. The van der Waals surface area contributed by atoms with Gasteiger partial charge in [0.05, 0.1) is 18.0 Å². The van der Waals surface area contributed by atoms with Crippen molar-refractivity contribution in [3.8, 4) is 0 Å². The zero-order valence-corrected chi connectivity index (χ0v) is 16.1. The van der Waals surface area contributed by atoms with E-state index in [2.05, 4.69) is 9.89 Å². The zero-order chi connectivity index (χ0) is 19.2. The maximum atomic E-state index is 13.0. The second kappa shape index (κ2) is 6.80. The van der Waals surface area contributed by atoms with Crippen LogP contribution in [0.4, 0.5) is 10.5 Å². The quantitative estimate of drug-likeness (QED) is 0.601. The fraction of sp³-hybridized carbons (Fsp3) is 0.526. The van der Waals surface area contributed by atoms with Crippen LogP contribution in [0.2, 0.25) is 5.02 Å². The van der Waals surface area contributed by atoms with Crippen LogP contribution >= 0.6 is 11.6 Å². The first kappa shape index (κ1) is 18.3. The van der Waals surface area contributed by atoms with E-state index >= 15 is 0 Å². The highest BCUT2D eigenvalue weighted by Gasteiger charge is 2.54. The number of hydrogen-bond donors (Lipinski definition) is 2. The van der Waals surface area contributed by atoms with E-state index in [1.54, 1.807) is 17.0 Å². The van der Waals surface area contributed by atoms with Crippen LogP contribution < -0.4 is 4.90 Å². The lowest BCUT2D eigenvalue weighted by molar-refractivity contribution is -0.0612. The van der Waals surface area contributed by atoms with Gasteiger partial charge in [-0.2, -0.15) is 0 Å². The fourth-order valence-electron chi connectivity index (χ4n) is 4.36. The summed E-state index contributed by atoms with van der Waals surface area (Å²) in [6.07, 6.45) is 1.24. The number of urea groups is 1. The van der Waals surface area contributed by atoms with Gasteiger partial charge in [-0.1, -0.05) is 11.6 Å². The lowest BCUT2D eigenvalue weighted by Gasteiger charge is -2.61. The minimum atomic E-state index is -0.580. The van der Waals surface area contributed by atoms with Gasteiger partial charge < -0.3 is 20.3 Å². The Labute approximate surface area is 163 Å². The number of likely N-dealkylation sites (tertiary alicyclic amines) is 2. The molecule has 4 rings (SSSR count). The van der Waals surface area contributed by atoms with Gasteiger partial charge in [-0.05, 0) is 31.5 Å². The molecule has 3 aliphatic rings. The summed E-state index contributed by atoms with van der Waals surface area (Å²) in [5.74, 6) is 0.726. The number of nitrogens with one attached hydrogen (secondary N) is 1. The summed E-state index contributed by atoms with van der Waals surface area (Å²) in [6, 6.07) is 5.31. The summed E-state index contributed by atoms with van der Waals surface area (Å²) >= 11 is 6.05. The molecule has 27 heavy (non-hydrogen) atoms. The number of amidine groups is 1. The van der Waals surface area contributed by atoms with Crippen LogP contribution in [-0.2, 0) is 0 Å². The molecule has 3 aliphatic heterocycles. The van der Waals surface area contributed by atoms with Crippen LogP contribution in [0, 0.1) is 10.8 Å². The van der Waals surface area contributed by atoms with Gasteiger partial charge in [0.2, 0.25) is 0 Å². The first-order valence-electron chi connectivity index (χ1n) is 9.30. The molecule has 0 unspecified atom stereocenters. The van der Waals surface area contributed by atoms with Crippen LogP contribution in [0.5, 0.6) is 0 Å². The summed E-state index contributed by atoms with van der Waals surface area (Å²) in [5, 5.41) is 18.3. The van der Waals surface area contributed by atoms with Crippen molar-refractivity contribution in [1.82, 2.24) is 9.80 Å². The molecule has 2 fully saturated rings. The monoisotopic (exact) mass is 389 g/mol. The Morgan fingerprint density at radius 2 is 2.07 bits per heavy atom. The van der Waals surface area contributed by atoms with E-state index in [-0.39, 0.29) is 11.4 Å². The minimum Gasteiger partial charge on any atom is -0.388 e. The van der Waals surface area contributed by atoms with Gasteiger partial charge in [-0.15, -0.1) is 0 Å². The number of aliphatic hydroxyl groups excluding tert-OH is 1. The van der Waals surface area contributed by atoms with Crippen LogP contribution in [0.15, 0.2) is 23.2 Å². The SMILES string of the molecule is CCN=C(C=N)N1CC2(CN(C(=O)N3CC[C@@H](O)c4cc(Cl)ccc43)C2)C1. The van der Waals surface area contributed by atoms with Crippen LogP contribution in [0.25, 0.3) is 0 Å². The van der Waals surface area contributed by atoms with Crippen molar-refractivity contribution < 1.29 is 9.90 Å². The first-order chi connectivity index (χ1) is 13.0. The van der Waals surface area contributed by atoms with E-state index in [0.29, 0.717) is 24.5 Å². The smallest absolute Gasteiger partial charge is 0.324 e. The molecule has 1 aromatic rings. The topological polar surface area (TPSA) is 83.2 Å². The van der Waals surface area contributed by atoms with Gasteiger partial charge >= 0.3 is 6.03 Å². The van der Waals surface area contributed by atoms with Crippen LogP contribution in [0.3, 0.4) is 0 Å². The third-order valence-corrected chi connectivity index (χ3v) is 5.88. The Balaban J connectivity index is 1.40. The van der Waals surface area contributed by atoms with Gasteiger partial charge in [0.25, 0.3) is 0 Å². The summed E-state index contributed by atoms with van der Waals surface area (Å²) in [4.78, 5) is 23.1. The number of carbonyl (C=O) groups excluding carboxylic acids is 1. The molecule has 2 saturated heterocycles. The van der Waals surface area contributed by atoms with Crippen molar-refractivity contribution in [3.05, 3.63) is 28.8 Å². The van der Waals surface area contributed by atoms with Crippen LogP contribution in [-0.4, -0.2) is 72.3 Å². The maximum Gasteiger partial charge on any atom is 0.324 e. The van der Waals surface area contributed by atoms with Crippen molar-refractivity contribution in [2.24, 2.45) is 10.4 Å². The molecule has 1 aromatic carbocycles. The Bertz CT molecular complexity index is 797. The number of anilines is 1. The van der Waals surface area contributed by atoms with E-state index in [1.807, 2.05) is 17.9 Å². The molecule has 2 N–H and O–H groups in total. The number of benzene rings is 1. The lowest BCUT2D eigenvalue weighted by atomic mass is 9.73. The molecule has 8 heteroatoms. The number of hydrogen-bond acceptors (Lipinski definition) is 4. The molecule has 7 nitrogen and oxygen atoms in total. The van der Waals surface area contributed by atoms with E-state index in [9.17, 15) is 9.90 Å². The van der Waals surface area contributed by atoms with Gasteiger partial charge in [0.1, 0.15) is 5.84 Å². The summed E-state index contributed by atoms with van der Waals surface area (Å²) in [5.41, 5.74) is 1.60. The summed E-state index contributed by atoms with van der Waals surface area (Å²) < 4.78 is 0. The molecule has 0 bridgehead atoms. The van der Waals surface area contributed by atoms with Crippen molar-refractivity contribution >= 4 is 35.4 Å². The van der Waals surface area contributed by atoms with E-state index in [4.69, 9.17) is 17.0 Å². The van der Waals surface area contributed by atoms with E-state index in [1.165, 1.54) is 6.21 Å². The van der Waals surface area contributed by atoms with Crippen LogP contribution in [0.1, 0.15) is 25.0 Å². The van der Waals surface area contributed by atoms with Crippen molar-refractivity contribution in [1.29, 1.82) is 5.41 Å². The van der Waals surface area contributed by atoms with Gasteiger partial charge in [-0.3, -0.25) is 9.89 Å². The molecule has 0 radical (unpaired) electrons. The molecule has 1 atom stereocenters. The van der Waals surface area contributed by atoms with Crippen molar-refractivity contribution in [3.63, 3.8) is 0 Å². The largest absolute Gasteiger partial charge is 0.388 e. The second-order valence-corrected chi connectivity index (χ2v) is 8.07.